The SMILES string of the molecule is CC(C)OP(=O)(OC(C)C)[C@H]1C[C@@H](N=[N+]=[N-])[C@@H](CO)O1.CC(C)OP(=O)(OC(C)C)[C@H]1C[C@@H](N=[N+]=[N-])[C@@H](COS(C)(=O)=O)O1. The summed E-state index contributed by atoms with van der Waals surface area (Å²) in [5.41, 5.74) is 17.2. The maximum Gasteiger partial charge on any atom is 0.359 e. The molecule has 0 saturated carbocycles. The Balaban J connectivity index is 0.000000447. The molecule has 2 saturated heterocycles. The maximum atomic E-state index is 13.1. The average Bonchev–Trinajstić information content (AvgIpc) is 3.46. The van der Waals surface area contributed by atoms with E-state index in [1.54, 1.807) is 55.4 Å². The highest BCUT2D eigenvalue weighted by molar-refractivity contribution is 7.86. The first kappa shape index (κ1) is 40.7. The van der Waals surface area contributed by atoms with Crippen molar-refractivity contribution in [2.24, 2.45) is 10.2 Å². The van der Waals surface area contributed by atoms with E-state index in [9.17, 15) is 22.7 Å². The van der Waals surface area contributed by atoms with Crippen LogP contribution in [0.4, 0.5) is 0 Å². The van der Waals surface area contributed by atoms with Gasteiger partial charge in [0.1, 0.15) is 0 Å². The van der Waals surface area contributed by atoms with Gasteiger partial charge in [0.05, 0.1) is 68.2 Å². The standard InChI is InChI=1S/C12H24N3O7PS.C11H22N3O5P/c1-8(2)21-23(16,22-9(3)4)12-6-10(14-15-13)11(20-12)7-19-24(5,17)18;1-7(2)18-20(16,19-8(3)4)11-5-9(13-14-12)10(6-15)17-11/h8-12H,6-7H2,1-5H3;7-11,15H,5-6H2,1-4H3/t10-,11-,12+;9-,10-,11+/m11/s1. The van der Waals surface area contributed by atoms with Crippen LogP contribution in [0.1, 0.15) is 68.2 Å². The van der Waals surface area contributed by atoms with E-state index in [2.05, 4.69) is 20.1 Å². The Kier molecular flexibility index (Phi) is 16.8. The zero-order chi connectivity index (χ0) is 33.9. The Bertz CT molecular complexity index is 1180. The van der Waals surface area contributed by atoms with Crippen LogP contribution in [0.25, 0.3) is 20.9 Å². The summed E-state index contributed by atoms with van der Waals surface area (Å²) in [4.78, 5) is 5.44. The molecule has 2 aliphatic rings. The molecule has 6 atom stereocenters. The van der Waals surface area contributed by atoms with Crippen molar-refractivity contribution >= 4 is 25.3 Å². The summed E-state index contributed by atoms with van der Waals surface area (Å²) in [6.45, 7) is 13.2. The van der Waals surface area contributed by atoms with Gasteiger partial charge in [0.15, 0.2) is 11.7 Å². The molecule has 0 bridgehead atoms. The third-order valence-electron chi connectivity index (χ3n) is 5.57. The lowest BCUT2D eigenvalue weighted by molar-refractivity contribution is 0.0160. The van der Waals surface area contributed by atoms with Gasteiger partial charge in [-0.2, -0.15) is 8.42 Å². The quantitative estimate of drug-likeness (QED) is 0.0680. The van der Waals surface area contributed by atoms with Crippen molar-refractivity contribution in [1.29, 1.82) is 0 Å². The highest BCUT2D eigenvalue weighted by Crippen LogP contribution is 2.60. The molecule has 256 valence electrons. The van der Waals surface area contributed by atoms with Crippen LogP contribution in [0, 0.1) is 0 Å². The first-order valence-electron chi connectivity index (χ1n) is 14.1. The molecule has 2 rings (SSSR count). The van der Waals surface area contributed by atoms with Crippen LogP contribution < -0.4 is 0 Å². The monoisotopic (exact) mass is 692 g/mol. The predicted molar refractivity (Wildman–Crippen MR) is 160 cm³/mol. The minimum atomic E-state index is -3.69. The molecule has 1 N–H and O–H groups in total. The number of hydrogen-bond donors (Lipinski definition) is 1. The van der Waals surface area contributed by atoms with Crippen molar-refractivity contribution in [2.45, 2.75) is 129 Å². The molecule has 0 aromatic heterocycles. The molecule has 0 aromatic rings. The second-order valence-corrected chi connectivity index (χ2v) is 16.9. The second kappa shape index (κ2) is 18.2. The van der Waals surface area contributed by atoms with E-state index in [4.69, 9.17) is 42.8 Å². The van der Waals surface area contributed by atoms with Gasteiger partial charge in [-0.05, 0) is 79.3 Å². The molecule has 0 aliphatic carbocycles. The van der Waals surface area contributed by atoms with Crippen LogP contribution in [-0.4, -0.2) is 93.4 Å². The van der Waals surface area contributed by atoms with E-state index in [-0.39, 0.29) is 50.5 Å². The fourth-order valence-corrected chi connectivity index (χ4v) is 9.13. The molecule has 0 unspecified atom stereocenters. The van der Waals surface area contributed by atoms with Crippen molar-refractivity contribution in [3.8, 4) is 0 Å². The van der Waals surface area contributed by atoms with Crippen LogP contribution in [0.3, 0.4) is 0 Å². The fourth-order valence-electron chi connectivity index (χ4n) is 4.20. The molecule has 0 aromatic carbocycles. The summed E-state index contributed by atoms with van der Waals surface area (Å²) >= 11 is 0. The number of aliphatic hydroxyl groups excluding tert-OH is 1. The third kappa shape index (κ3) is 13.6. The van der Waals surface area contributed by atoms with Gasteiger partial charge in [0.25, 0.3) is 10.1 Å². The van der Waals surface area contributed by atoms with Crippen LogP contribution in [0.15, 0.2) is 10.2 Å². The van der Waals surface area contributed by atoms with E-state index in [0.717, 1.165) is 6.26 Å². The molecule has 0 amide bonds. The van der Waals surface area contributed by atoms with Crippen LogP contribution >= 0.6 is 15.2 Å². The van der Waals surface area contributed by atoms with Crippen molar-refractivity contribution in [3.63, 3.8) is 0 Å². The third-order valence-corrected chi connectivity index (χ3v) is 11.1. The van der Waals surface area contributed by atoms with Gasteiger partial charge >= 0.3 is 15.2 Å². The molecular weight excluding hydrogens is 646 g/mol. The molecule has 44 heavy (non-hydrogen) atoms. The molecule has 2 heterocycles. The van der Waals surface area contributed by atoms with Crippen LogP contribution in [-0.2, 0) is 51.0 Å². The topological polar surface area (TPSA) is 251 Å². The van der Waals surface area contributed by atoms with Gasteiger partial charge in [-0.1, -0.05) is 10.2 Å². The van der Waals surface area contributed by atoms with Gasteiger partial charge in [0.2, 0.25) is 0 Å². The second-order valence-electron chi connectivity index (χ2n) is 11.1. The summed E-state index contributed by atoms with van der Waals surface area (Å²) in [6, 6.07) is -1.31. The normalized spacial score (nSPS) is 26.0. The van der Waals surface area contributed by atoms with Gasteiger partial charge in [0, 0.05) is 9.82 Å². The summed E-state index contributed by atoms with van der Waals surface area (Å²) in [6.07, 6.45) is -1.70. The minimum Gasteiger partial charge on any atom is -0.394 e. The zero-order valence-corrected chi connectivity index (χ0v) is 29.1. The molecule has 2 fully saturated rings. The van der Waals surface area contributed by atoms with Crippen molar-refractivity contribution in [1.82, 2.24) is 0 Å². The van der Waals surface area contributed by atoms with Gasteiger partial charge in [-0.15, -0.1) is 0 Å². The van der Waals surface area contributed by atoms with E-state index in [1.165, 1.54) is 0 Å². The van der Waals surface area contributed by atoms with Crippen molar-refractivity contribution in [2.75, 3.05) is 19.5 Å². The highest BCUT2D eigenvalue weighted by Gasteiger charge is 2.49. The van der Waals surface area contributed by atoms with E-state index >= 15 is 0 Å². The largest absolute Gasteiger partial charge is 0.394 e. The Hall–Kier alpha value is -1.29. The number of ether oxygens (including phenoxy) is 2. The Labute approximate surface area is 258 Å². The number of azide groups is 2. The Morgan fingerprint density at radius 2 is 1.11 bits per heavy atom. The Morgan fingerprint density at radius 3 is 1.41 bits per heavy atom. The molecule has 21 heteroatoms. The van der Waals surface area contributed by atoms with E-state index in [1.807, 2.05) is 0 Å². The zero-order valence-electron chi connectivity index (χ0n) is 26.5. The number of aliphatic hydroxyl groups is 1. The molecular formula is C23H46N6O12P2S. The highest BCUT2D eigenvalue weighted by atomic mass is 32.2. The molecule has 2 aliphatic heterocycles. The lowest BCUT2D eigenvalue weighted by Gasteiger charge is -2.27. The fraction of sp³-hybridized carbons (Fsp3) is 1.00. The van der Waals surface area contributed by atoms with E-state index in [0.29, 0.717) is 0 Å². The van der Waals surface area contributed by atoms with Gasteiger partial charge < -0.3 is 32.7 Å². The van der Waals surface area contributed by atoms with E-state index < -0.39 is 61.3 Å². The minimum absolute atomic E-state index is 0.0819. The number of nitrogens with zero attached hydrogens (tertiary/aromatic N) is 6. The lowest BCUT2D eigenvalue weighted by atomic mass is 10.2. The Morgan fingerprint density at radius 1 is 0.773 bits per heavy atom. The maximum absolute atomic E-state index is 13.1. The summed E-state index contributed by atoms with van der Waals surface area (Å²) in [5.74, 6) is -1.80. The van der Waals surface area contributed by atoms with Crippen LogP contribution in [0.5, 0.6) is 0 Å². The van der Waals surface area contributed by atoms with Gasteiger partial charge in [-0.25, -0.2) is 0 Å². The molecule has 18 nitrogen and oxygen atoms in total. The molecule has 0 spiro atoms. The lowest BCUT2D eigenvalue weighted by Crippen LogP contribution is -2.27. The first-order valence-corrected chi connectivity index (χ1v) is 19.1. The predicted octanol–water partition coefficient (Wildman–Crippen LogP) is 5.62. The first-order chi connectivity index (χ1) is 20.3. The van der Waals surface area contributed by atoms with Crippen molar-refractivity contribution in [3.05, 3.63) is 20.9 Å². The number of hydrogen-bond acceptors (Lipinski definition) is 14. The average molecular weight is 693 g/mol. The summed E-state index contributed by atoms with van der Waals surface area (Å²) < 4.78 is 85.9. The van der Waals surface area contributed by atoms with Crippen molar-refractivity contribution < 1.29 is 54.4 Å². The van der Waals surface area contributed by atoms with Crippen LogP contribution in [0.2, 0.25) is 0 Å². The summed E-state index contributed by atoms with van der Waals surface area (Å²) in [5, 5.41) is 16.4. The number of rotatable bonds is 16. The molecule has 0 radical (unpaired) electrons. The summed E-state index contributed by atoms with van der Waals surface area (Å²) in [7, 11) is -10.8. The smallest absolute Gasteiger partial charge is 0.359 e. The van der Waals surface area contributed by atoms with Gasteiger partial charge in [-0.3, -0.25) is 13.3 Å².